The molecule has 0 atom stereocenters. The zero-order valence-electron chi connectivity index (χ0n) is 13.6. The summed E-state index contributed by atoms with van der Waals surface area (Å²) in [5.74, 6) is 0.929. The number of allylic oxidation sites excluding steroid dienone is 1. The number of rotatable bonds is 5. The molecule has 0 spiro atoms. The zero-order chi connectivity index (χ0) is 19.2. The van der Waals surface area contributed by atoms with E-state index in [9.17, 15) is 22.4 Å². The van der Waals surface area contributed by atoms with Crippen molar-refractivity contribution < 1.29 is 22.4 Å². The number of carbonyl (C=O) groups is 1. The van der Waals surface area contributed by atoms with Crippen molar-refractivity contribution in [1.82, 2.24) is 4.90 Å². The van der Waals surface area contributed by atoms with Crippen molar-refractivity contribution in [2.24, 2.45) is 0 Å². The molecule has 6 heteroatoms. The summed E-state index contributed by atoms with van der Waals surface area (Å²) in [6.45, 7) is -0.202. The molecule has 0 fully saturated rings. The van der Waals surface area contributed by atoms with Crippen LogP contribution in [0.3, 0.4) is 0 Å². The smallest absolute Gasteiger partial charge is 0.324 e. The molecule has 0 bridgehead atoms. The Bertz CT molecular complexity index is 818. The summed E-state index contributed by atoms with van der Waals surface area (Å²) in [7, 11) is 0. The highest BCUT2D eigenvalue weighted by molar-refractivity contribution is 5.96. The van der Waals surface area contributed by atoms with Crippen LogP contribution >= 0.6 is 0 Å². The van der Waals surface area contributed by atoms with Crippen molar-refractivity contribution >= 4 is 11.5 Å². The van der Waals surface area contributed by atoms with Gasteiger partial charge in [0.1, 0.15) is 5.82 Å². The van der Waals surface area contributed by atoms with E-state index < -0.39 is 23.5 Å². The van der Waals surface area contributed by atoms with Crippen LogP contribution in [0.1, 0.15) is 11.1 Å². The van der Waals surface area contributed by atoms with Crippen LogP contribution in [0.25, 0.3) is 5.57 Å². The first-order valence-corrected chi connectivity index (χ1v) is 7.62. The lowest BCUT2D eigenvalue weighted by atomic mass is 10.0. The number of hydrogen-bond acceptors (Lipinski definition) is 1. The van der Waals surface area contributed by atoms with Crippen LogP contribution in [0.4, 0.5) is 17.6 Å². The summed E-state index contributed by atoms with van der Waals surface area (Å²) in [5.41, 5.74) is -0.614. The molecule has 0 saturated carbocycles. The van der Waals surface area contributed by atoms with Gasteiger partial charge in [-0.05, 0) is 23.3 Å². The van der Waals surface area contributed by atoms with Crippen LogP contribution in [0.5, 0.6) is 0 Å². The molecule has 134 valence electrons. The molecule has 0 aliphatic heterocycles. The molecule has 0 heterocycles. The highest BCUT2D eigenvalue weighted by Crippen LogP contribution is 2.33. The number of terminal acetylenes is 1. The third-order valence-corrected chi connectivity index (χ3v) is 3.54. The predicted octanol–water partition coefficient (Wildman–Crippen LogP) is 4.43. The van der Waals surface area contributed by atoms with Crippen LogP contribution in [0.15, 0.2) is 60.7 Å². The Balaban J connectivity index is 2.32. The summed E-state index contributed by atoms with van der Waals surface area (Å²) < 4.78 is 53.1. The third kappa shape index (κ3) is 5.21. The molecule has 26 heavy (non-hydrogen) atoms. The third-order valence-electron chi connectivity index (χ3n) is 3.54. The van der Waals surface area contributed by atoms with Gasteiger partial charge in [-0.3, -0.25) is 4.79 Å². The van der Waals surface area contributed by atoms with Gasteiger partial charge in [-0.15, -0.1) is 6.42 Å². The number of hydrogen-bond donors (Lipinski definition) is 0. The Morgan fingerprint density at radius 1 is 1.08 bits per heavy atom. The van der Waals surface area contributed by atoms with Gasteiger partial charge in [-0.1, -0.05) is 48.4 Å². The molecule has 2 rings (SSSR count). The average molecular weight is 361 g/mol. The van der Waals surface area contributed by atoms with Crippen molar-refractivity contribution in [1.29, 1.82) is 0 Å². The topological polar surface area (TPSA) is 20.3 Å². The maximum Gasteiger partial charge on any atom is 0.417 e. The van der Waals surface area contributed by atoms with E-state index in [-0.39, 0.29) is 18.7 Å². The SMILES string of the molecule is C#CCN(Cc1ccc(F)cc1)C(=O)/C=C(/c1ccccc1)C(F)(F)F. The molecule has 0 aliphatic rings. The lowest BCUT2D eigenvalue weighted by Gasteiger charge is -2.20. The van der Waals surface area contributed by atoms with Gasteiger partial charge in [0.05, 0.1) is 12.1 Å². The molecule has 1 amide bonds. The van der Waals surface area contributed by atoms with E-state index in [1.165, 1.54) is 48.5 Å². The predicted molar refractivity (Wildman–Crippen MR) is 91.1 cm³/mol. The molecular formula is C20H15F4NO. The Kier molecular flexibility index (Phi) is 6.18. The van der Waals surface area contributed by atoms with Crippen molar-refractivity contribution in [3.8, 4) is 12.3 Å². The Hall–Kier alpha value is -3.07. The normalized spacial score (nSPS) is 11.7. The van der Waals surface area contributed by atoms with Gasteiger partial charge in [0.25, 0.3) is 0 Å². The van der Waals surface area contributed by atoms with Gasteiger partial charge in [0, 0.05) is 12.6 Å². The molecular weight excluding hydrogens is 346 g/mol. The van der Waals surface area contributed by atoms with Crippen molar-refractivity contribution in [3.63, 3.8) is 0 Å². The number of amides is 1. The quantitative estimate of drug-likeness (QED) is 0.438. The largest absolute Gasteiger partial charge is 0.417 e. The second kappa shape index (κ2) is 8.34. The number of benzene rings is 2. The fraction of sp³-hybridized carbons (Fsp3) is 0.150. The maximum absolute atomic E-state index is 13.4. The van der Waals surface area contributed by atoms with Crippen molar-refractivity contribution in [3.05, 3.63) is 77.6 Å². The van der Waals surface area contributed by atoms with Crippen LogP contribution < -0.4 is 0 Å². The number of nitrogens with zero attached hydrogens (tertiary/aromatic N) is 1. The van der Waals surface area contributed by atoms with E-state index in [0.717, 1.165) is 4.90 Å². The number of carbonyl (C=O) groups excluding carboxylic acids is 1. The summed E-state index contributed by atoms with van der Waals surface area (Å²) in [6.07, 6.45) is 1.06. The summed E-state index contributed by atoms with van der Waals surface area (Å²) >= 11 is 0. The molecule has 2 aromatic carbocycles. The highest BCUT2D eigenvalue weighted by atomic mass is 19.4. The minimum atomic E-state index is -4.70. The van der Waals surface area contributed by atoms with Crippen LogP contribution in [0.2, 0.25) is 0 Å². The standard InChI is InChI=1S/C20H15F4NO/c1-2-12-25(14-15-8-10-17(21)11-9-15)19(26)13-18(20(22,23)24)16-6-4-3-5-7-16/h1,3-11,13H,12,14H2/b18-13-. The van der Waals surface area contributed by atoms with E-state index in [0.29, 0.717) is 11.6 Å². The molecule has 2 aromatic rings. The lowest BCUT2D eigenvalue weighted by Crippen LogP contribution is -2.30. The molecule has 0 aliphatic carbocycles. The Morgan fingerprint density at radius 3 is 2.23 bits per heavy atom. The monoisotopic (exact) mass is 361 g/mol. The number of halogens is 4. The van der Waals surface area contributed by atoms with Gasteiger partial charge in [-0.2, -0.15) is 13.2 Å². The van der Waals surface area contributed by atoms with Crippen molar-refractivity contribution in [2.45, 2.75) is 12.7 Å². The van der Waals surface area contributed by atoms with Gasteiger partial charge in [0.15, 0.2) is 0 Å². The molecule has 0 N–H and O–H groups in total. The Morgan fingerprint density at radius 2 is 1.69 bits per heavy atom. The highest BCUT2D eigenvalue weighted by Gasteiger charge is 2.35. The van der Waals surface area contributed by atoms with E-state index >= 15 is 0 Å². The van der Waals surface area contributed by atoms with E-state index in [1.54, 1.807) is 6.07 Å². The number of alkyl halides is 3. The van der Waals surface area contributed by atoms with Gasteiger partial charge in [0.2, 0.25) is 5.91 Å². The average Bonchev–Trinajstić information content (AvgIpc) is 2.60. The molecule has 0 unspecified atom stereocenters. The van der Waals surface area contributed by atoms with Gasteiger partial charge < -0.3 is 4.90 Å². The minimum absolute atomic E-state index is 0.0280. The second-order valence-corrected chi connectivity index (χ2v) is 5.45. The first-order chi connectivity index (χ1) is 12.3. The first-order valence-electron chi connectivity index (χ1n) is 7.62. The molecule has 0 saturated heterocycles. The van der Waals surface area contributed by atoms with Crippen LogP contribution in [0, 0.1) is 18.2 Å². The van der Waals surface area contributed by atoms with E-state index in [2.05, 4.69) is 5.92 Å². The summed E-state index contributed by atoms with van der Waals surface area (Å²) in [5, 5.41) is 0. The second-order valence-electron chi connectivity index (χ2n) is 5.45. The van der Waals surface area contributed by atoms with E-state index in [4.69, 9.17) is 6.42 Å². The van der Waals surface area contributed by atoms with E-state index in [1.807, 2.05) is 0 Å². The lowest BCUT2D eigenvalue weighted by molar-refractivity contribution is -0.126. The van der Waals surface area contributed by atoms with Crippen molar-refractivity contribution in [2.75, 3.05) is 6.54 Å². The first kappa shape index (κ1) is 19.3. The molecule has 0 radical (unpaired) electrons. The zero-order valence-corrected chi connectivity index (χ0v) is 13.6. The van der Waals surface area contributed by atoms with Gasteiger partial charge >= 0.3 is 6.18 Å². The summed E-state index contributed by atoms with van der Waals surface area (Å²) in [6, 6.07) is 12.3. The van der Waals surface area contributed by atoms with Crippen LogP contribution in [-0.4, -0.2) is 23.5 Å². The molecule has 2 nitrogen and oxygen atoms in total. The van der Waals surface area contributed by atoms with Gasteiger partial charge in [-0.25, -0.2) is 4.39 Å². The maximum atomic E-state index is 13.4. The fourth-order valence-corrected chi connectivity index (χ4v) is 2.29. The van der Waals surface area contributed by atoms with Crippen LogP contribution in [-0.2, 0) is 11.3 Å². The summed E-state index contributed by atoms with van der Waals surface area (Å²) in [4.78, 5) is 13.5. The Labute approximate surface area is 148 Å². The minimum Gasteiger partial charge on any atom is -0.324 e. The molecule has 0 aromatic heterocycles. The fourth-order valence-electron chi connectivity index (χ4n) is 2.29.